The van der Waals surface area contributed by atoms with Crippen LogP contribution in [0.25, 0.3) is 0 Å². The molecule has 0 aromatic heterocycles. The molecule has 180 valence electrons. The minimum atomic E-state index is -3.85. The molecule has 0 fully saturated rings. The average molecular weight is 474 g/mol. The summed E-state index contributed by atoms with van der Waals surface area (Å²) in [7, 11) is -2.48. The van der Waals surface area contributed by atoms with Crippen LogP contribution in [0.15, 0.2) is 53.4 Å². The van der Waals surface area contributed by atoms with Crippen LogP contribution >= 0.6 is 0 Å². The topological polar surface area (TPSA) is 86.8 Å². The van der Waals surface area contributed by atoms with Crippen LogP contribution in [0, 0.1) is 13.8 Å². The van der Waals surface area contributed by atoms with Gasteiger partial charge in [-0.25, -0.2) is 8.42 Å². The summed E-state index contributed by atoms with van der Waals surface area (Å²) in [5.74, 6) is -0.751. The van der Waals surface area contributed by atoms with Crippen molar-refractivity contribution in [3.63, 3.8) is 0 Å². The van der Waals surface area contributed by atoms with Crippen molar-refractivity contribution in [2.45, 2.75) is 64.6 Å². The number of rotatable bonds is 8. The zero-order chi connectivity index (χ0) is 25.0. The van der Waals surface area contributed by atoms with Crippen LogP contribution in [0.5, 0.6) is 0 Å². The van der Waals surface area contributed by atoms with E-state index >= 15 is 0 Å². The van der Waals surface area contributed by atoms with Gasteiger partial charge in [-0.1, -0.05) is 47.5 Å². The number of likely N-dealkylation sites (N-methyl/N-ethyl adjacent to an activating group) is 1. The van der Waals surface area contributed by atoms with E-state index < -0.39 is 27.5 Å². The number of carbonyl (C=O) groups excluding carboxylic acids is 2. The second-order valence-corrected chi connectivity index (χ2v) is 11.5. The molecule has 0 spiro atoms. The lowest BCUT2D eigenvalue weighted by molar-refractivity contribution is -0.141. The van der Waals surface area contributed by atoms with Crippen molar-refractivity contribution in [2.75, 3.05) is 13.6 Å². The van der Waals surface area contributed by atoms with Crippen LogP contribution in [-0.2, 0) is 26.2 Å². The molecule has 0 bridgehead atoms. The Morgan fingerprint density at radius 1 is 1.00 bits per heavy atom. The summed E-state index contributed by atoms with van der Waals surface area (Å²) in [5.41, 5.74) is 2.37. The fourth-order valence-electron chi connectivity index (χ4n) is 3.32. The third kappa shape index (κ3) is 7.40. The van der Waals surface area contributed by atoms with Crippen LogP contribution in [0.4, 0.5) is 0 Å². The van der Waals surface area contributed by atoms with Gasteiger partial charge in [0.05, 0.1) is 11.4 Å². The Morgan fingerprint density at radius 3 is 2.15 bits per heavy atom. The predicted molar refractivity (Wildman–Crippen MR) is 130 cm³/mol. The number of sulfonamides is 1. The molecule has 33 heavy (non-hydrogen) atoms. The molecule has 2 aromatic rings. The first kappa shape index (κ1) is 26.5. The van der Waals surface area contributed by atoms with Crippen LogP contribution < -0.4 is 5.32 Å². The normalized spacial score (nSPS) is 13.0. The van der Waals surface area contributed by atoms with E-state index in [2.05, 4.69) is 5.32 Å². The summed E-state index contributed by atoms with van der Waals surface area (Å²) in [6.45, 7) is 10.9. The second-order valence-electron chi connectivity index (χ2n) is 9.50. The molecule has 2 amide bonds. The van der Waals surface area contributed by atoms with Crippen molar-refractivity contribution in [3.8, 4) is 0 Å². The van der Waals surface area contributed by atoms with Crippen LogP contribution in [0.3, 0.4) is 0 Å². The summed E-state index contributed by atoms with van der Waals surface area (Å²) < 4.78 is 27.0. The minimum absolute atomic E-state index is 0.118. The van der Waals surface area contributed by atoms with Gasteiger partial charge in [0.2, 0.25) is 21.8 Å². The molecule has 0 heterocycles. The Hall–Kier alpha value is -2.71. The SMILES string of the molecule is Cc1ccc(S(=O)(=O)N(C)CC(=O)N(Cc2cccc(C)c2)C(C)C(=O)NC(C)(C)C)cc1. The van der Waals surface area contributed by atoms with Crippen molar-refractivity contribution in [2.24, 2.45) is 0 Å². The van der Waals surface area contributed by atoms with E-state index in [0.29, 0.717) is 0 Å². The predicted octanol–water partition coefficient (Wildman–Crippen LogP) is 3.26. The lowest BCUT2D eigenvalue weighted by Gasteiger charge is -2.32. The Bertz CT molecular complexity index is 1090. The third-order valence-corrected chi connectivity index (χ3v) is 7.01. The maximum atomic E-state index is 13.3. The molecular formula is C25H35N3O4S. The Morgan fingerprint density at radius 2 is 1.61 bits per heavy atom. The summed E-state index contributed by atoms with van der Waals surface area (Å²) in [4.78, 5) is 27.7. The standard InChI is InChI=1S/C25H35N3O4S/c1-18-11-13-22(14-12-18)33(31,32)27(7)17-23(29)28(16-21-10-8-9-19(2)15-21)20(3)24(30)26-25(4,5)6/h8-15,20H,16-17H2,1-7H3,(H,26,30). The van der Waals surface area contributed by atoms with Gasteiger partial charge in [0, 0.05) is 19.1 Å². The van der Waals surface area contributed by atoms with Crippen molar-refractivity contribution in [3.05, 3.63) is 65.2 Å². The maximum Gasteiger partial charge on any atom is 0.243 e. The first-order valence-corrected chi connectivity index (χ1v) is 12.3. The number of carbonyl (C=O) groups is 2. The molecule has 0 radical (unpaired) electrons. The van der Waals surface area contributed by atoms with E-state index in [1.165, 1.54) is 24.1 Å². The van der Waals surface area contributed by atoms with Gasteiger partial charge in [-0.15, -0.1) is 0 Å². The number of aryl methyl sites for hydroxylation is 2. The number of benzene rings is 2. The molecule has 0 saturated heterocycles. The minimum Gasteiger partial charge on any atom is -0.350 e. The monoisotopic (exact) mass is 473 g/mol. The van der Waals surface area contributed by atoms with Crippen molar-refractivity contribution in [1.82, 2.24) is 14.5 Å². The van der Waals surface area contributed by atoms with Crippen LogP contribution in [0.1, 0.15) is 44.4 Å². The van der Waals surface area contributed by atoms with E-state index in [4.69, 9.17) is 0 Å². The largest absolute Gasteiger partial charge is 0.350 e. The van der Waals surface area contributed by atoms with E-state index in [-0.39, 0.29) is 23.9 Å². The molecule has 1 atom stereocenters. The van der Waals surface area contributed by atoms with Gasteiger partial charge in [-0.05, 0) is 59.2 Å². The molecular weight excluding hydrogens is 438 g/mol. The Labute approximate surface area is 197 Å². The molecule has 7 nitrogen and oxygen atoms in total. The van der Waals surface area contributed by atoms with Crippen LogP contribution in [0.2, 0.25) is 0 Å². The molecule has 0 saturated carbocycles. The number of amides is 2. The number of hydrogen-bond donors (Lipinski definition) is 1. The third-order valence-electron chi connectivity index (χ3n) is 5.19. The first-order valence-electron chi connectivity index (χ1n) is 10.9. The van der Waals surface area contributed by atoms with Crippen molar-refractivity contribution in [1.29, 1.82) is 0 Å². The molecule has 8 heteroatoms. The lowest BCUT2D eigenvalue weighted by atomic mass is 10.1. The van der Waals surface area contributed by atoms with E-state index in [0.717, 1.165) is 21.0 Å². The van der Waals surface area contributed by atoms with Crippen LogP contribution in [-0.4, -0.2) is 54.6 Å². The van der Waals surface area contributed by atoms with E-state index in [1.807, 2.05) is 58.9 Å². The summed E-state index contributed by atoms with van der Waals surface area (Å²) in [5, 5.41) is 2.90. The highest BCUT2D eigenvalue weighted by atomic mass is 32.2. The number of hydrogen-bond acceptors (Lipinski definition) is 4. The summed E-state index contributed by atoms with van der Waals surface area (Å²) >= 11 is 0. The zero-order valence-corrected chi connectivity index (χ0v) is 21.4. The number of nitrogens with one attached hydrogen (secondary N) is 1. The Kier molecular flexibility index (Phi) is 8.43. The molecule has 0 aliphatic heterocycles. The molecule has 1 unspecified atom stereocenters. The van der Waals surface area contributed by atoms with Gasteiger partial charge < -0.3 is 10.2 Å². The fourth-order valence-corrected chi connectivity index (χ4v) is 4.44. The van der Waals surface area contributed by atoms with E-state index in [1.54, 1.807) is 19.1 Å². The molecule has 0 aliphatic carbocycles. The highest BCUT2D eigenvalue weighted by molar-refractivity contribution is 7.89. The van der Waals surface area contributed by atoms with Gasteiger partial charge in [0.25, 0.3) is 0 Å². The Balaban J connectivity index is 2.29. The molecule has 2 rings (SSSR count). The maximum absolute atomic E-state index is 13.3. The summed E-state index contributed by atoms with van der Waals surface area (Å²) in [6.07, 6.45) is 0. The molecule has 0 aliphatic rings. The van der Waals surface area contributed by atoms with Gasteiger partial charge >= 0.3 is 0 Å². The highest BCUT2D eigenvalue weighted by Crippen LogP contribution is 2.17. The lowest BCUT2D eigenvalue weighted by Crippen LogP contribution is -2.54. The highest BCUT2D eigenvalue weighted by Gasteiger charge is 2.31. The van der Waals surface area contributed by atoms with Gasteiger partial charge in [0.15, 0.2) is 0 Å². The van der Waals surface area contributed by atoms with Crippen molar-refractivity contribution < 1.29 is 18.0 Å². The number of nitrogens with zero attached hydrogens (tertiary/aromatic N) is 2. The quantitative estimate of drug-likeness (QED) is 0.638. The fraction of sp³-hybridized carbons (Fsp3) is 0.440. The molecule has 2 aromatic carbocycles. The second kappa shape index (κ2) is 10.5. The summed E-state index contributed by atoms with van der Waals surface area (Å²) in [6, 6.07) is 13.4. The average Bonchev–Trinajstić information content (AvgIpc) is 2.70. The van der Waals surface area contributed by atoms with Gasteiger partial charge in [-0.3, -0.25) is 9.59 Å². The van der Waals surface area contributed by atoms with Crippen molar-refractivity contribution >= 4 is 21.8 Å². The zero-order valence-electron chi connectivity index (χ0n) is 20.5. The van der Waals surface area contributed by atoms with Gasteiger partial charge in [0.1, 0.15) is 6.04 Å². The first-order chi connectivity index (χ1) is 15.2. The van der Waals surface area contributed by atoms with Gasteiger partial charge in [-0.2, -0.15) is 4.31 Å². The van der Waals surface area contributed by atoms with E-state index in [9.17, 15) is 18.0 Å². The molecule has 1 N–H and O–H groups in total. The smallest absolute Gasteiger partial charge is 0.243 e.